The van der Waals surface area contributed by atoms with Gasteiger partial charge >= 0.3 is 0 Å². The molecular formula is C21H30N6O2. The van der Waals surface area contributed by atoms with Crippen LogP contribution in [0.4, 0.5) is 11.8 Å². The summed E-state index contributed by atoms with van der Waals surface area (Å²) in [6.07, 6.45) is 5.28. The van der Waals surface area contributed by atoms with Crippen LogP contribution in [0.2, 0.25) is 0 Å². The Labute approximate surface area is 171 Å². The summed E-state index contributed by atoms with van der Waals surface area (Å²) in [4.78, 5) is 23.6. The molecule has 2 fully saturated rings. The van der Waals surface area contributed by atoms with Gasteiger partial charge in [-0.25, -0.2) is 14.6 Å². The largest absolute Gasteiger partial charge is 0.391 e. The fourth-order valence-electron chi connectivity index (χ4n) is 4.54. The van der Waals surface area contributed by atoms with Crippen LogP contribution in [0.15, 0.2) is 23.0 Å². The number of aliphatic hydroxyl groups excluding tert-OH is 1. The Morgan fingerprint density at radius 1 is 1.10 bits per heavy atom. The van der Waals surface area contributed by atoms with Gasteiger partial charge < -0.3 is 15.3 Å². The Morgan fingerprint density at radius 2 is 1.90 bits per heavy atom. The molecule has 0 spiro atoms. The van der Waals surface area contributed by atoms with Gasteiger partial charge in [0.15, 0.2) is 0 Å². The van der Waals surface area contributed by atoms with Gasteiger partial charge in [0, 0.05) is 36.6 Å². The fourth-order valence-corrected chi connectivity index (χ4v) is 4.54. The number of rotatable bonds is 5. The lowest BCUT2D eigenvalue weighted by Crippen LogP contribution is -2.45. The standard InChI is InChI=1S/C21H30N6O2/c1-14-12-15(2)24-21(23-14)22-13-16-6-3-4-11-26(16)19-9-10-20(29)27(25-19)17-7-5-8-18(17)28/h9-10,12,16-18,28H,3-8,11,13H2,1-2H3,(H,22,23,24). The average Bonchev–Trinajstić information content (AvgIpc) is 3.12. The summed E-state index contributed by atoms with van der Waals surface area (Å²) < 4.78 is 1.50. The number of aryl methyl sites for hydroxylation is 2. The van der Waals surface area contributed by atoms with Gasteiger partial charge in [0.1, 0.15) is 5.82 Å². The van der Waals surface area contributed by atoms with Gasteiger partial charge in [0.05, 0.1) is 12.1 Å². The van der Waals surface area contributed by atoms with Crippen molar-refractivity contribution in [3.05, 3.63) is 39.9 Å². The van der Waals surface area contributed by atoms with E-state index < -0.39 is 6.10 Å². The van der Waals surface area contributed by atoms with Crippen molar-refractivity contribution in [1.82, 2.24) is 19.7 Å². The van der Waals surface area contributed by atoms with E-state index in [2.05, 4.69) is 25.3 Å². The summed E-state index contributed by atoms with van der Waals surface area (Å²) >= 11 is 0. The minimum atomic E-state index is -0.490. The third kappa shape index (κ3) is 4.42. The molecule has 2 aromatic heterocycles. The van der Waals surface area contributed by atoms with Crippen LogP contribution in [0, 0.1) is 13.8 Å². The fraction of sp³-hybridized carbons (Fsp3) is 0.619. The predicted molar refractivity (Wildman–Crippen MR) is 112 cm³/mol. The molecule has 4 rings (SSSR count). The lowest BCUT2D eigenvalue weighted by atomic mass is 10.0. The lowest BCUT2D eigenvalue weighted by molar-refractivity contribution is 0.127. The molecule has 8 nitrogen and oxygen atoms in total. The van der Waals surface area contributed by atoms with Crippen LogP contribution in [0.25, 0.3) is 0 Å². The first-order valence-electron chi connectivity index (χ1n) is 10.6. The van der Waals surface area contributed by atoms with Crippen LogP contribution >= 0.6 is 0 Å². The minimum Gasteiger partial charge on any atom is -0.391 e. The first-order chi connectivity index (χ1) is 14.0. The van der Waals surface area contributed by atoms with Gasteiger partial charge in [0.2, 0.25) is 5.95 Å². The van der Waals surface area contributed by atoms with Crippen LogP contribution in [-0.4, -0.2) is 50.1 Å². The predicted octanol–water partition coefficient (Wildman–Crippen LogP) is 2.21. The van der Waals surface area contributed by atoms with Gasteiger partial charge in [-0.05, 0) is 64.5 Å². The number of anilines is 2. The summed E-state index contributed by atoms with van der Waals surface area (Å²) in [6.45, 7) is 5.56. The molecule has 0 bridgehead atoms. The van der Waals surface area contributed by atoms with E-state index in [1.165, 1.54) is 4.68 Å². The van der Waals surface area contributed by atoms with E-state index in [-0.39, 0.29) is 17.6 Å². The number of nitrogens with zero attached hydrogens (tertiary/aromatic N) is 5. The monoisotopic (exact) mass is 398 g/mol. The Kier molecular flexibility index (Phi) is 5.80. The van der Waals surface area contributed by atoms with Crippen LogP contribution in [0.5, 0.6) is 0 Å². The molecule has 2 aromatic rings. The molecule has 2 aliphatic rings. The Morgan fingerprint density at radius 3 is 2.62 bits per heavy atom. The number of nitrogens with one attached hydrogen (secondary N) is 1. The van der Waals surface area contributed by atoms with E-state index in [1.54, 1.807) is 6.07 Å². The minimum absolute atomic E-state index is 0.143. The maximum atomic E-state index is 12.4. The van der Waals surface area contributed by atoms with Crippen molar-refractivity contribution in [2.75, 3.05) is 23.3 Å². The third-order valence-electron chi connectivity index (χ3n) is 5.97. The zero-order valence-electron chi connectivity index (χ0n) is 17.2. The molecule has 1 aliphatic heterocycles. The average molecular weight is 399 g/mol. The van der Waals surface area contributed by atoms with Crippen molar-refractivity contribution in [2.45, 2.75) is 70.6 Å². The van der Waals surface area contributed by atoms with Crippen molar-refractivity contribution in [2.24, 2.45) is 0 Å². The number of aliphatic hydroxyl groups is 1. The van der Waals surface area contributed by atoms with E-state index in [9.17, 15) is 9.90 Å². The summed E-state index contributed by atoms with van der Waals surface area (Å²) in [7, 11) is 0. The molecule has 0 aromatic carbocycles. The molecule has 29 heavy (non-hydrogen) atoms. The Hall–Kier alpha value is -2.48. The van der Waals surface area contributed by atoms with Crippen molar-refractivity contribution in [3.63, 3.8) is 0 Å². The van der Waals surface area contributed by atoms with Crippen LogP contribution in [-0.2, 0) is 0 Å². The molecule has 1 saturated carbocycles. The SMILES string of the molecule is Cc1cc(C)nc(NCC2CCCCN2c2ccc(=O)n(C3CCCC3O)n2)n1. The maximum absolute atomic E-state index is 12.4. The van der Waals surface area contributed by atoms with Gasteiger partial charge in [-0.3, -0.25) is 4.79 Å². The highest BCUT2D eigenvalue weighted by Crippen LogP contribution is 2.29. The van der Waals surface area contributed by atoms with Crippen molar-refractivity contribution >= 4 is 11.8 Å². The molecule has 0 amide bonds. The molecule has 1 saturated heterocycles. The molecule has 3 unspecified atom stereocenters. The smallest absolute Gasteiger partial charge is 0.267 e. The number of piperidine rings is 1. The third-order valence-corrected chi connectivity index (χ3v) is 5.97. The number of aromatic nitrogens is 4. The van der Waals surface area contributed by atoms with Gasteiger partial charge in [-0.1, -0.05) is 0 Å². The topological polar surface area (TPSA) is 96.2 Å². The van der Waals surface area contributed by atoms with E-state index in [1.807, 2.05) is 26.0 Å². The Balaban J connectivity index is 1.53. The molecule has 8 heteroatoms. The second kappa shape index (κ2) is 8.49. The van der Waals surface area contributed by atoms with Gasteiger partial charge in [-0.2, -0.15) is 5.10 Å². The molecule has 0 radical (unpaired) electrons. The van der Waals surface area contributed by atoms with Gasteiger partial charge in [-0.15, -0.1) is 0 Å². The molecule has 3 heterocycles. The quantitative estimate of drug-likeness (QED) is 0.797. The number of hydrogen-bond donors (Lipinski definition) is 2. The van der Waals surface area contributed by atoms with E-state index in [0.717, 1.165) is 68.8 Å². The zero-order chi connectivity index (χ0) is 20.4. The normalized spacial score (nSPS) is 24.7. The highest BCUT2D eigenvalue weighted by atomic mass is 16.3. The van der Waals surface area contributed by atoms with E-state index in [4.69, 9.17) is 0 Å². The highest BCUT2D eigenvalue weighted by Gasteiger charge is 2.30. The maximum Gasteiger partial charge on any atom is 0.267 e. The Bertz CT molecular complexity index is 894. The molecule has 3 atom stereocenters. The van der Waals surface area contributed by atoms with Crippen LogP contribution < -0.4 is 15.8 Å². The molecular weight excluding hydrogens is 368 g/mol. The second-order valence-corrected chi connectivity index (χ2v) is 8.24. The molecule has 1 aliphatic carbocycles. The van der Waals surface area contributed by atoms with Crippen molar-refractivity contribution in [3.8, 4) is 0 Å². The summed E-state index contributed by atoms with van der Waals surface area (Å²) in [5.41, 5.74) is 1.75. The van der Waals surface area contributed by atoms with Crippen LogP contribution in [0.3, 0.4) is 0 Å². The van der Waals surface area contributed by atoms with Crippen molar-refractivity contribution in [1.29, 1.82) is 0 Å². The number of hydrogen-bond acceptors (Lipinski definition) is 7. The second-order valence-electron chi connectivity index (χ2n) is 8.24. The van der Waals surface area contributed by atoms with Gasteiger partial charge in [0.25, 0.3) is 5.56 Å². The zero-order valence-corrected chi connectivity index (χ0v) is 17.2. The van der Waals surface area contributed by atoms with Crippen molar-refractivity contribution < 1.29 is 5.11 Å². The van der Waals surface area contributed by atoms with E-state index >= 15 is 0 Å². The van der Waals surface area contributed by atoms with E-state index in [0.29, 0.717) is 5.95 Å². The summed E-state index contributed by atoms with van der Waals surface area (Å²) in [5.74, 6) is 1.46. The summed E-state index contributed by atoms with van der Waals surface area (Å²) in [6, 6.07) is 5.39. The highest BCUT2D eigenvalue weighted by molar-refractivity contribution is 5.40. The van der Waals surface area contributed by atoms with Crippen LogP contribution in [0.1, 0.15) is 56.0 Å². The lowest BCUT2D eigenvalue weighted by Gasteiger charge is -2.37. The molecule has 156 valence electrons. The summed E-state index contributed by atoms with van der Waals surface area (Å²) in [5, 5.41) is 18.3. The first-order valence-corrected chi connectivity index (χ1v) is 10.6. The first kappa shape index (κ1) is 19.8. The molecule has 2 N–H and O–H groups in total.